The number of esters is 1. The molecule has 0 aromatic carbocycles. The number of carbonyl (C=O) groups is 3. The number of unbranched alkanes of at least 4 members (excludes halogenated alkanes) is 1. The van der Waals surface area contributed by atoms with Crippen LogP contribution in [0.25, 0.3) is 0 Å². The number of carbonyl (C=O) groups excluding carboxylic acids is 3. The van der Waals surface area contributed by atoms with E-state index in [4.69, 9.17) is 4.74 Å². The minimum Gasteiger partial charge on any atom is -0.450 e. The quantitative estimate of drug-likeness (QED) is 0.601. The van der Waals surface area contributed by atoms with Crippen molar-refractivity contribution in [3.8, 4) is 0 Å². The van der Waals surface area contributed by atoms with Crippen molar-refractivity contribution in [1.29, 1.82) is 0 Å². The Morgan fingerprint density at radius 3 is 2.65 bits per heavy atom. The summed E-state index contributed by atoms with van der Waals surface area (Å²) in [6.45, 7) is 5.62. The van der Waals surface area contributed by atoms with Crippen molar-refractivity contribution in [2.24, 2.45) is 23.2 Å². The van der Waals surface area contributed by atoms with Crippen molar-refractivity contribution in [3.05, 3.63) is 11.6 Å². The molecule has 3 aliphatic rings. The summed E-state index contributed by atoms with van der Waals surface area (Å²) in [5, 5.41) is 9.82. The Kier molecular flexibility index (Phi) is 7.77. The predicted octanol–water partition coefficient (Wildman–Crippen LogP) is 4.94. The van der Waals surface area contributed by atoms with Gasteiger partial charge in [-0.25, -0.2) is 0 Å². The molecular formula is C26H40O5. The number of ketones is 2. The second-order valence-electron chi connectivity index (χ2n) is 10.4. The lowest BCUT2D eigenvalue weighted by molar-refractivity contribution is -0.189. The Labute approximate surface area is 187 Å². The maximum Gasteiger partial charge on any atom is 0.306 e. The molecule has 2 fully saturated rings. The average molecular weight is 433 g/mol. The van der Waals surface area contributed by atoms with Crippen LogP contribution in [0.3, 0.4) is 0 Å². The topological polar surface area (TPSA) is 80.7 Å². The fraction of sp³-hybridized carbons (Fsp3) is 0.808. The molecule has 174 valence electrons. The highest BCUT2D eigenvalue weighted by atomic mass is 16.6. The van der Waals surface area contributed by atoms with Crippen molar-refractivity contribution in [2.75, 3.05) is 6.61 Å². The standard InChI is InChI=1S/C26H40O5/c1-4-5-9-24(30)31-26(23(29)17-27)15-13-22-21-11-10-18(2)16-20(28)8-6-7-19(21)12-14-25(22,26)3/h16,19,21-22,27H,4-15,17H2,1-3H3/b18-16+/t19-,21+,22-,25-,26-/m0/s1. The molecule has 0 spiro atoms. The third kappa shape index (κ3) is 4.67. The Balaban J connectivity index is 1.90. The fourth-order valence-corrected chi connectivity index (χ4v) is 6.89. The lowest BCUT2D eigenvalue weighted by Gasteiger charge is -2.52. The lowest BCUT2D eigenvalue weighted by Crippen LogP contribution is -2.58. The van der Waals surface area contributed by atoms with E-state index in [9.17, 15) is 19.5 Å². The molecular weight excluding hydrogens is 392 g/mol. The van der Waals surface area contributed by atoms with Gasteiger partial charge >= 0.3 is 5.97 Å². The second-order valence-corrected chi connectivity index (χ2v) is 10.4. The van der Waals surface area contributed by atoms with Gasteiger partial charge in [0.15, 0.2) is 11.4 Å². The van der Waals surface area contributed by atoms with Crippen molar-refractivity contribution in [3.63, 3.8) is 0 Å². The van der Waals surface area contributed by atoms with E-state index in [1.54, 1.807) is 0 Å². The van der Waals surface area contributed by atoms with Gasteiger partial charge in [0.1, 0.15) is 6.61 Å². The highest BCUT2D eigenvalue weighted by Crippen LogP contribution is 2.63. The summed E-state index contributed by atoms with van der Waals surface area (Å²) in [6, 6.07) is 0. The number of aliphatic hydroxyl groups excluding tert-OH is 1. The average Bonchev–Trinajstić information content (AvgIpc) is 3.03. The Morgan fingerprint density at radius 2 is 1.94 bits per heavy atom. The van der Waals surface area contributed by atoms with Crippen LogP contribution in [0.15, 0.2) is 11.6 Å². The summed E-state index contributed by atoms with van der Waals surface area (Å²) < 4.78 is 6.04. The normalized spacial score (nSPS) is 37.9. The smallest absolute Gasteiger partial charge is 0.306 e. The zero-order valence-electron chi connectivity index (χ0n) is 19.6. The van der Waals surface area contributed by atoms with Crippen molar-refractivity contribution < 1.29 is 24.2 Å². The summed E-state index contributed by atoms with van der Waals surface area (Å²) in [5.74, 6) is 0.900. The van der Waals surface area contributed by atoms with Crippen molar-refractivity contribution >= 4 is 17.5 Å². The number of allylic oxidation sites excluding steroid dienone is 2. The molecule has 0 aromatic rings. The van der Waals surface area contributed by atoms with Crippen LogP contribution in [0.2, 0.25) is 0 Å². The van der Waals surface area contributed by atoms with Gasteiger partial charge in [-0.1, -0.05) is 25.8 Å². The number of aliphatic hydroxyl groups is 1. The molecule has 0 unspecified atom stereocenters. The number of rotatable bonds is 6. The van der Waals surface area contributed by atoms with Crippen LogP contribution in [0.4, 0.5) is 0 Å². The fourth-order valence-electron chi connectivity index (χ4n) is 6.89. The third-order valence-electron chi connectivity index (χ3n) is 8.60. The van der Waals surface area contributed by atoms with E-state index in [1.165, 1.54) is 0 Å². The van der Waals surface area contributed by atoms with Crippen LogP contribution < -0.4 is 0 Å². The molecule has 5 nitrogen and oxygen atoms in total. The molecule has 0 saturated heterocycles. The zero-order chi connectivity index (χ0) is 22.6. The zero-order valence-corrected chi connectivity index (χ0v) is 19.6. The summed E-state index contributed by atoms with van der Waals surface area (Å²) in [6.07, 6.45) is 11.5. The van der Waals surface area contributed by atoms with Gasteiger partial charge in [0.25, 0.3) is 0 Å². The molecule has 0 radical (unpaired) electrons. The molecule has 3 rings (SSSR count). The largest absolute Gasteiger partial charge is 0.450 e. The van der Waals surface area contributed by atoms with Gasteiger partial charge in [-0.05, 0) is 88.5 Å². The van der Waals surface area contributed by atoms with Crippen LogP contribution in [0.5, 0.6) is 0 Å². The van der Waals surface area contributed by atoms with E-state index < -0.39 is 17.6 Å². The molecule has 5 heteroatoms. The molecule has 1 N–H and O–H groups in total. The Morgan fingerprint density at radius 1 is 1.16 bits per heavy atom. The first-order valence-corrected chi connectivity index (χ1v) is 12.3. The third-order valence-corrected chi connectivity index (χ3v) is 8.60. The van der Waals surface area contributed by atoms with Crippen LogP contribution >= 0.6 is 0 Å². The molecule has 0 bridgehead atoms. The summed E-state index contributed by atoms with van der Waals surface area (Å²) in [7, 11) is 0. The summed E-state index contributed by atoms with van der Waals surface area (Å²) in [4.78, 5) is 37.8. The molecule has 5 atom stereocenters. The van der Waals surface area contributed by atoms with E-state index in [0.29, 0.717) is 37.0 Å². The molecule has 31 heavy (non-hydrogen) atoms. The van der Waals surface area contributed by atoms with Gasteiger partial charge in [0.05, 0.1) is 0 Å². The van der Waals surface area contributed by atoms with Crippen LogP contribution in [-0.4, -0.2) is 34.9 Å². The van der Waals surface area contributed by atoms with Gasteiger partial charge < -0.3 is 9.84 Å². The first-order chi connectivity index (χ1) is 14.8. The Hall–Kier alpha value is -1.49. The maximum atomic E-state index is 13.1. The van der Waals surface area contributed by atoms with Gasteiger partial charge in [0.2, 0.25) is 5.78 Å². The Bertz CT molecular complexity index is 725. The van der Waals surface area contributed by atoms with E-state index in [0.717, 1.165) is 63.4 Å². The van der Waals surface area contributed by atoms with E-state index in [1.807, 2.05) is 19.9 Å². The van der Waals surface area contributed by atoms with Gasteiger partial charge in [-0.2, -0.15) is 0 Å². The number of ether oxygens (including phenoxy) is 1. The minimum atomic E-state index is -1.20. The van der Waals surface area contributed by atoms with Gasteiger partial charge in [0, 0.05) is 18.3 Å². The minimum absolute atomic E-state index is 0.240. The molecule has 0 aromatic heterocycles. The predicted molar refractivity (Wildman–Crippen MR) is 119 cm³/mol. The highest BCUT2D eigenvalue weighted by Gasteiger charge is 2.66. The SMILES string of the molecule is CCCCC(=O)O[C@]1(C(=O)CO)CC[C@H]2[C@@H]3CC/C(C)=C/C(=O)CCC[C@H]3CC[C@@]21C. The second kappa shape index (κ2) is 9.97. The summed E-state index contributed by atoms with van der Waals surface area (Å²) >= 11 is 0. The highest BCUT2D eigenvalue weighted by molar-refractivity contribution is 5.92. The molecule has 0 aliphatic heterocycles. The van der Waals surface area contributed by atoms with Crippen molar-refractivity contribution in [1.82, 2.24) is 0 Å². The number of hydrogen-bond acceptors (Lipinski definition) is 5. The molecule has 0 heterocycles. The monoisotopic (exact) mass is 432 g/mol. The number of Topliss-reactive ketones (excluding diaryl/α,β-unsaturated/α-hetero) is 1. The molecule has 3 aliphatic carbocycles. The number of hydrogen-bond donors (Lipinski definition) is 1. The number of fused-ring (bicyclic) bond motifs is 3. The molecule has 0 amide bonds. The van der Waals surface area contributed by atoms with Crippen LogP contribution in [0, 0.1) is 23.2 Å². The van der Waals surface area contributed by atoms with E-state index >= 15 is 0 Å². The first kappa shape index (κ1) is 24.2. The van der Waals surface area contributed by atoms with E-state index in [2.05, 4.69) is 6.92 Å². The van der Waals surface area contributed by atoms with Gasteiger partial charge in [-0.15, -0.1) is 0 Å². The maximum absolute atomic E-state index is 13.1. The van der Waals surface area contributed by atoms with Crippen LogP contribution in [0.1, 0.15) is 97.8 Å². The van der Waals surface area contributed by atoms with Crippen molar-refractivity contribution in [2.45, 2.75) is 103 Å². The lowest BCUT2D eigenvalue weighted by atomic mass is 9.54. The van der Waals surface area contributed by atoms with E-state index in [-0.39, 0.29) is 17.5 Å². The van der Waals surface area contributed by atoms with Crippen LogP contribution in [-0.2, 0) is 19.1 Å². The first-order valence-electron chi connectivity index (χ1n) is 12.3. The molecule has 2 saturated carbocycles. The van der Waals surface area contributed by atoms with Gasteiger partial charge in [-0.3, -0.25) is 14.4 Å². The summed E-state index contributed by atoms with van der Waals surface area (Å²) in [5.41, 5.74) is -0.495.